The highest BCUT2D eigenvalue weighted by molar-refractivity contribution is 6.30. The van der Waals surface area contributed by atoms with Gasteiger partial charge in [-0.1, -0.05) is 41.9 Å². The smallest absolute Gasteiger partial charge is 0.161 e. The molecule has 0 aliphatic carbocycles. The Bertz CT molecular complexity index is 1270. The van der Waals surface area contributed by atoms with Gasteiger partial charge in [-0.15, -0.1) is 0 Å². The van der Waals surface area contributed by atoms with Gasteiger partial charge in [0.2, 0.25) is 0 Å². The van der Waals surface area contributed by atoms with Crippen LogP contribution in [0.4, 0.5) is 0 Å². The van der Waals surface area contributed by atoms with Gasteiger partial charge < -0.3 is 14.0 Å². The van der Waals surface area contributed by atoms with Gasteiger partial charge in [-0.2, -0.15) is 5.26 Å². The van der Waals surface area contributed by atoms with Crippen molar-refractivity contribution >= 4 is 28.7 Å². The summed E-state index contributed by atoms with van der Waals surface area (Å²) in [5.74, 6) is 1.24. The molecule has 6 heteroatoms. The number of benzene rings is 3. The minimum absolute atomic E-state index is 0.403. The SMILES string of the molecule is COc1cc(/C=C(/C#N)Cn2cnc3ccccc32)ccc1OCc1ccc(Cl)cc1. The number of allylic oxidation sites excluding steroid dienone is 1. The minimum Gasteiger partial charge on any atom is -0.493 e. The molecule has 0 aliphatic rings. The van der Waals surface area contributed by atoms with Crippen LogP contribution in [0.2, 0.25) is 5.02 Å². The van der Waals surface area contributed by atoms with Crippen molar-refractivity contribution in [3.05, 3.63) is 94.8 Å². The van der Waals surface area contributed by atoms with Gasteiger partial charge in [-0.25, -0.2) is 4.98 Å². The molecule has 0 N–H and O–H groups in total. The number of ether oxygens (including phenoxy) is 2. The van der Waals surface area contributed by atoms with Crippen molar-refractivity contribution in [2.45, 2.75) is 13.2 Å². The van der Waals surface area contributed by atoms with Crippen LogP contribution in [0.5, 0.6) is 11.5 Å². The topological polar surface area (TPSA) is 60.1 Å². The fourth-order valence-corrected chi connectivity index (χ4v) is 3.40. The van der Waals surface area contributed by atoms with Crippen molar-refractivity contribution in [1.82, 2.24) is 9.55 Å². The highest BCUT2D eigenvalue weighted by Crippen LogP contribution is 2.30. The molecule has 0 amide bonds. The molecule has 31 heavy (non-hydrogen) atoms. The Balaban J connectivity index is 1.52. The fraction of sp³-hybridized carbons (Fsp3) is 0.120. The molecular formula is C25H20ClN3O2. The van der Waals surface area contributed by atoms with E-state index in [0.29, 0.717) is 35.2 Å². The quantitative estimate of drug-likeness (QED) is 0.344. The van der Waals surface area contributed by atoms with Crippen molar-refractivity contribution in [2.75, 3.05) is 7.11 Å². The molecule has 0 atom stereocenters. The number of hydrogen-bond donors (Lipinski definition) is 0. The van der Waals surface area contributed by atoms with E-state index in [2.05, 4.69) is 11.1 Å². The van der Waals surface area contributed by atoms with E-state index in [1.54, 1.807) is 13.4 Å². The van der Waals surface area contributed by atoms with Gasteiger partial charge in [0, 0.05) is 10.6 Å². The summed E-state index contributed by atoms with van der Waals surface area (Å²) in [7, 11) is 1.60. The number of nitriles is 1. The van der Waals surface area contributed by atoms with Crippen LogP contribution in [-0.2, 0) is 13.2 Å². The Morgan fingerprint density at radius 3 is 2.68 bits per heavy atom. The zero-order valence-corrected chi connectivity index (χ0v) is 17.7. The molecule has 4 rings (SSSR count). The van der Waals surface area contributed by atoms with E-state index in [1.165, 1.54) is 0 Å². The number of hydrogen-bond acceptors (Lipinski definition) is 4. The van der Waals surface area contributed by atoms with Crippen LogP contribution in [0.3, 0.4) is 0 Å². The van der Waals surface area contributed by atoms with E-state index < -0.39 is 0 Å². The predicted molar refractivity (Wildman–Crippen MR) is 122 cm³/mol. The van der Waals surface area contributed by atoms with Crippen LogP contribution in [0.25, 0.3) is 17.1 Å². The van der Waals surface area contributed by atoms with Gasteiger partial charge in [0.05, 0.1) is 37.1 Å². The van der Waals surface area contributed by atoms with Gasteiger partial charge in [0.15, 0.2) is 11.5 Å². The molecule has 4 aromatic rings. The van der Waals surface area contributed by atoms with Crippen LogP contribution >= 0.6 is 11.6 Å². The second-order valence-electron chi connectivity index (χ2n) is 6.97. The summed E-state index contributed by atoms with van der Waals surface area (Å²) in [4.78, 5) is 4.38. The number of para-hydroxylation sites is 2. The van der Waals surface area contributed by atoms with Crippen molar-refractivity contribution in [1.29, 1.82) is 5.26 Å². The normalized spacial score (nSPS) is 11.3. The van der Waals surface area contributed by atoms with Crippen LogP contribution < -0.4 is 9.47 Å². The first-order valence-corrected chi connectivity index (χ1v) is 10.1. The van der Waals surface area contributed by atoms with E-state index in [4.69, 9.17) is 21.1 Å². The molecule has 154 valence electrons. The van der Waals surface area contributed by atoms with Gasteiger partial charge in [-0.05, 0) is 53.6 Å². The molecule has 1 heterocycles. The van der Waals surface area contributed by atoms with E-state index in [9.17, 15) is 5.26 Å². The van der Waals surface area contributed by atoms with Crippen LogP contribution in [0.15, 0.2) is 78.6 Å². The number of nitrogens with zero attached hydrogens (tertiary/aromatic N) is 3. The van der Waals surface area contributed by atoms with E-state index in [1.807, 2.05) is 77.4 Å². The van der Waals surface area contributed by atoms with E-state index in [0.717, 1.165) is 22.2 Å². The molecule has 0 saturated carbocycles. The highest BCUT2D eigenvalue weighted by atomic mass is 35.5. The minimum atomic E-state index is 0.403. The van der Waals surface area contributed by atoms with Crippen LogP contribution in [0, 0.1) is 11.3 Å². The molecule has 0 saturated heterocycles. The highest BCUT2D eigenvalue weighted by Gasteiger charge is 2.08. The number of halogens is 1. The second-order valence-corrected chi connectivity index (χ2v) is 7.40. The molecular weight excluding hydrogens is 410 g/mol. The van der Waals surface area contributed by atoms with E-state index in [-0.39, 0.29) is 0 Å². The van der Waals surface area contributed by atoms with Gasteiger partial charge in [0.25, 0.3) is 0 Å². The molecule has 0 unspecified atom stereocenters. The van der Waals surface area contributed by atoms with Crippen LogP contribution in [0.1, 0.15) is 11.1 Å². The van der Waals surface area contributed by atoms with Gasteiger partial charge in [-0.3, -0.25) is 0 Å². The lowest BCUT2D eigenvalue weighted by atomic mass is 10.1. The average Bonchev–Trinajstić information content (AvgIpc) is 3.21. The van der Waals surface area contributed by atoms with Crippen molar-refractivity contribution in [3.8, 4) is 17.6 Å². The van der Waals surface area contributed by atoms with Crippen LogP contribution in [-0.4, -0.2) is 16.7 Å². The zero-order chi connectivity index (χ0) is 21.6. The zero-order valence-electron chi connectivity index (χ0n) is 17.0. The largest absolute Gasteiger partial charge is 0.493 e. The lowest BCUT2D eigenvalue weighted by Crippen LogP contribution is -1.99. The van der Waals surface area contributed by atoms with E-state index >= 15 is 0 Å². The Kier molecular flexibility index (Phi) is 6.21. The predicted octanol–water partition coefficient (Wildman–Crippen LogP) is 5.88. The Morgan fingerprint density at radius 1 is 1.10 bits per heavy atom. The van der Waals surface area contributed by atoms with Gasteiger partial charge in [0.1, 0.15) is 6.61 Å². The third-order valence-corrected chi connectivity index (χ3v) is 5.10. The number of fused-ring (bicyclic) bond motifs is 1. The maximum Gasteiger partial charge on any atom is 0.161 e. The summed E-state index contributed by atoms with van der Waals surface area (Å²) < 4.78 is 13.4. The lowest BCUT2D eigenvalue weighted by Gasteiger charge is -2.12. The summed E-state index contributed by atoms with van der Waals surface area (Å²) in [5, 5.41) is 10.3. The first-order valence-electron chi connectivity index (χ1n) is 9.72. The monoisotopic (exact) mass is 429 g/mol. The number of methoxy groups -OCH3 is 1. The molecule has 3 aromatic carbocycles. The summed E-state index contributed by atoms with van der Waals surface area (Å²) in [6.07, 6.45) is 3.60. The molecule has 5 nitrogen and oxygen atoms in total. The van der Waals surface area contributed by atoms with Crippen molar-refractivity contribution in [2.24, 2.45) is 0 Å². The third kappa shape index (κ3) is 4.88. The standard InChI is InChI=1S/C25H20ClN3O2/c1-30-25-13-19(8-11-24(25)31-16-18-6-9-21(26)10-7-18)12-20(14-27)15-29-17-28-22-4-2-3-5-23(22)29/h2-13,17H,15-16H2,1H3/b20-12-. The Hall–Kier alpha value is -3.75. The molecule has 0 bridgehead atoms. The number of aromatic nitrogens is 2. The summed E-state index contributed by atoms with van der Waals surface area (Å²) in [6.45, 7) is 0.841. The molecule has 0 aliphatic heterocycles. The number of imidazole rings is 1. The molecule has 0 fully saturated rings. The maximum atomic E-state index is 9.65. The Labute approximate surface area is 185 Å². The van der Waals surface area contributed by atoms with Crippen molar-refractivity contribution in [3.63, 3.8) is 0 Å². The fourth-order valence-electron chi connectivity index (χ4n) is 3.27. The van der Waals surface area contributed by atoms with Crippen molar-refractivity contribution < 1.29 is 9.47 Å². The first kappa shape index (κ1) is 20.5. The third-order valence-electron chi connectivity index (χ3n) is 4.85. The van der Waals surface area contributed by atoms with Gasteiger partial charge >= 0.3 is 0 Å². The average molecular weight is 430 g/mol. The molecule has 0 radical (unpaired) electrons. The first-order chi connectivity index (χ1) is 15.2. The second kappa shape index (κ2) is 9.38. The summed E-state index contributed by atoms with van der Waals surface area (Å²) in [6, 6.07) is 23.3. The summed E-state index contributed by atoms with van der Waals surface area (Å²) in [5.41, 5.74) is 4.38. The lowest BCUT2D eigenvalue weighted by molar-refractivity contribution is 0.284. The number of rotatable bonds is 7. The Morgan fingerprint density at radius 2 is 1.90 bits per heavy atom. The maximum absolute atomic E-state index is 9.65. The molecule has 1 aromatic heterocycles. The summed E-state index contributed by atoms with van der Waals surface area (Å²) >= 11 is 5.93. The molecule has 0 spiro atoms.